The lowest BCUT2D eigenvalue weighted by Gasteiger charge is -2.19. The van der Waals surface area contributed by atoms with E-state index in [1.54, 1.807) is 20.8 Å². The van der Waals surface area contributed by atoms with Crippen LogP contribution in [0.2, 0.25) is 0 Å². The second-order valence-corrected chi connectivity index (χ2v) is 5.50. The highest BCUT2D eigenvalue weighted by atomic mass is 16.6. The Morgan fingerprint density at radius 3 is 2.50 bits per heavy atom. The van der Waals surface area contributed by atoms with Crippen LogP contribution < -0.4 is 0 Å². The predicted molar refractivity (Wildman–Crippen MR) is 75.0 cm³/mol. The van der Waals surface area contributed by atoms with E-state index in [2.05, 4.69) is 5.10 Å². The summed E-state index contributed by atoms with van der Waals surface area (Å²) in [5, 5.41) is 23.6. The highest BCUT2D eigenvalue weighted by Gasteiger charge is 2.25. The van der Waals surface area contributed by atoms with Gasteiger partial charge < -0.3 is 9.84 Å². The fourth-order valence-corrected chi connectivity index (χ4v) is 1.82. The molecule has 0 aliphatic heterocycles. The molecule has 0 saturated heterocycles. The quantitative estimate of drug-likeness (QED) is 0.667. The molecule has 9 heteroatoms. The van der Waals surface area contributed by atoms with Crippen LogP contribution >= 0.6 is 0 Å². The average Bonchev–Trinajstić information content (AvgIpc) is 2.75. The normalized spacial score (nSPS) is 11.4. The maximum Gasteiger partial charge on any atom is 0.435 e. The minimum Gasteiger partial charge on any atom is -0.476 e. The second-order valence-electron chi connectivity index (χ2n) is 5.50. The lowest BCUT2D eigenvalue weighted by Crippen LogP contribution is -2.27. The molecule has 2 aromatic rings. The molecule has 1 N–H and O–H groups in total. The molecule has 1 aromatic heterocycles. The maximum absolute atomic E-state index is 12.1. The molecule has 22 heavy (non-hydrogen) atoms. The summed E-state index contributed by atoms with van der Waals surface area (Å²) in [5.74, 6) is -1.40. The van der Waals surface area contributed by atoms with Gasteiger partial charge in [0.25, 0.3) is 5.69 Å². The summed E-state index contributed by atoms with van der Waals surface area (Å²) in [6.07, 6.45) is -0.862. The number of non-ortho nitro benzene ring substituents is 1. The third kappa shape index (κ3) is 2.87. The number of carboxylic acid groups (broad SMARTS) is 1. The van der Waals surface area contributed by atoms with Crippen molar-refractivity contribution in [1.82, 2.24) is 9.78 Å². The molecule has 9 nitrogen and oxygen atoms in total. The zero-order valence-electron chi connectivity index (χ0n) is 12.1. The average molecular weight is 307 g/mol. The van der Waals surface area contributed by atoms with Gasteiger partial charge >= 0.3 is 12.1 Å². The van der Waals surface area contributed by atoms with E-state index in [9.17, 15) is 19.7 Å². The van der Waals surface area contributed by atoms with Crippen molar-refractivity contribution in [2.45, 2.75) is 26.4 Å². The fourth-order valence-electron chi connectivity index (χ4n) is 1.82. The number of hydrogen-bond donors (Lipinski definition) is 1. The van der Waals surface area contributed by atoms with Gasteiger partial charge in [0.05, 0.1) is 10.4 Å². The molecule has 1 aromatic carbocycles. The molecule has 0 atom stereocenters. The number of aromatic nitrogens is 2. The number of rotatable bonds is 2. The van der Waals surface area contributed by atoms with Crippen LogP contribution in [0.1, 0.15) is 31.3 Å². The summed E-state index contributed by atoms with van der Waals surface area (Å²) < 4.78 is 5.92. The minimum atomic E-state index is -1.40. The van der Waals surface area contributed by atoms with Crippen molar-refractivity contribution in [2.75, 3.05) is 0 Å². The van der Waals surface area contributed by atoms with E-state index in [4.69, 9.17) is 9.84 Å². The molecule has 0 bridgehead atoms. The molecule has 0 unspecified atom stereocenters. The molecule has 116 valence electrons. The van der Waals surface area contributed by atoms with Crippen molar-refractivity contribution in [3.63, 3.8) is 0 Å². The second kappa shape index (κ2) is 5.10. The van der Waals surface area contributed by atoms with Crippen molar-refractivity contribution in [3.8, 4) is 0 Å². The standard InChI is InChI=1S/C13H13N3O6/c1-13(2,3)22-12(19)15-9-5-4-7(16(20)21)6-8(9)10(14-15)11(17)18/h4-6H,1-3H3,(H,17,18). The van der Waals surface area contributed by atoms with Crippen LogP contribution in [0.5, 0.6) is 0 Å². The van der Waals surface area contributed by atoms with Crippen LogP contribution in [-0.4, -0.2) is 37.5 Å². The van der Waals surface area contributed by atoms with Gasteiger partial charge in [-0.15, -0.1) is 0 Å². The number of carbonyl (C=O) groups is 2. The van der Waals surface area contributed by atoms with Gasteiger partial charge in [0.15, 0.2) is 5.69 Å². The van der Waals surface area contributed by atoms with Gasteiger partial charge in [-0.3, -0.25) is 10.1 Å². The van der Waals surface area contributed by atoms with Crippen LogP contribution in [-0.2, 0) is 4.74 Å². The summed E-state index contributed by atoms with van der Waals surface area (Å²) in [7, 11) is 0. The first-order chi connectivity index (χ1) is 10.1. The zero-order chi connectivity index (χ0) is 16.7. The number of nitro groups is 1. The van der Waals surface area contributed by atoms with Crippen molar-refractivity contribution < 1.29 is 24.4 Å². The van der Waals surface area contributed by atoms with Gasteiger partial charge in [-0.1, -0.05) is 0 Å². The number of carbonyl (C=O) groups excluding carboxylic acids is 1. The van der Waals surface area contributed by atoms with E-state index >= 15 is 0 Å². The number of carboxylic acids is 1. The van der Waals surface area contributed by atoms with Crippen LogP contribution in [0.3, 0.4) is 0 Å². The highest BCUT2D eigenvalue weighted by molar-refractivity contribution is 6.04. The molecule has 0 saturated carbocycles. The molecular formula is C13H13N3O6. The molecule has 0 aliphatic rings. The monoisotopic (exact) mass is 307 g/mol. The predicted octanol–water partition coefficient (Wildman–Crippen LogP) is 2.43. The summed E-state index contributed by atoms with van der Waals surface area (Å²) in [6, 6.07) is 3.49. The Bertz CT molecular complexity index is 787. The number of hydrogen-bond acceptors (Lipinski definition) is 6. The van der Waals surface area contributed by atoms with Crippen LogP contribution in [0.25, 0.3) is 10.9 Å². The Morgan fingerprint density at radius 1 is 1.36 bits per heavy atom. The number of fused-ring (bicyclic) bond motifs is 1. The first kappa shape index (κ1) is 15.4. The van der Waals surface area contributed by atoms with Crippen LogP contribution in [0.4, 0.5) is 10.5 Å². The number of aromatic carboxylic acids is 1. The fraction of sp³-hybridized carbons (Fsp3) is 0.308. The van der Waals surface area contributed by atoms with E-state index < -0.39 is 28.3 Å². The van der Waals surface area contributed by atoms with Gasteiger partial charge in [0.1, 0.15) is 5.60 Å². The Balaban J connectivity index is 2.64. The zero-order valence-corrected chi connectivity index (χ0v) is 12.1. The van der Waals surface area contributed by atoms with Gasteiger partial charge in [-0.2, -0.15) is 9.78 Å². The topological polar surface area (TPSA) is 125 Å². The number of ether oxygens (including phenoxy) is 1. The Labute approximate surface area is 124 Å². The molecule has 0 amide bonds. The molecule has 1 heterocycles. The molecular weight excluding hydrogens is 294 g/mol. The molecule has 0 spiro atoms. The first-order valence-electron chi connectivity index (χ1n) is 6.24. The smallest absolute Gasteiger partial charge is 0.435 e. The van der Waals surface area contributed by atoms with Crippen LogP contribution in [0, 0.1) is 10.1 Å². The van der Waals surface area contributed by atoms with Gasteiger partial charge in [0.2, 0.25) is 0 Å². The highest BCUT2D eigenvalue weighted by Crippen LogP contribution is 2.25. The third-order valence-electron chi connectivity index (χ3n) is 2.64. The van der Waals surface area contributed by atoms with Crippen molar-refractivity contribution in [2.24, 2.45) is 0 Å². The Morgan fingerprint density at radius 2 is 2.00 bits per heavy atom. The minimum absolute atomic E-state index is 0.00689. The Hall–Kier alpha value is -2.97. The largest absolute Gasteiger partial charge is 0.476 e. The first-order valence-corrected chi connectivity index (χ1v) is 6.24. The number of nitrogens with zero attached hydrogens (tertiary/aromatic N) is 3. The van der Waals surface area contributed by atoms with E-state index in [0.29, 0.717) is 0 Å². The molecule has 0 fully saturated rings. The SMILES string of the molecule is CC(C)(C)OC(=O)n1nc(C(=O)O)c2cc([N+](=O)[O-])ccc21. The summed E-state index contributed by atoms with van der Waals surface area (Å²) in [4.78, 5) is 33.4. The van der Waals surface area contributed by atoms with E-state index in [-0.39, 0.29) is 16.6 Å². The van der Waals surface area contributed by atoms with Gasteiger partial charge in [-0.05, 0) is 26.8 Å². The molecule has 2 rings (SSSR count). The number of nitro benzene ring substituents is 1. The van der Waals surface area contributed by atoms with E-state index in [1.165, 1.54) is 6.07 Å². The number of benzene rings is 1. The van der Waals surface area contributed by atoms with Gasteiger partial charge in [-0.25, -0.2) is 9.59 Å². The third-order valence-corrected chi connectivity index (χ3v) is 2.64. The van der Waals surface area contributed by atoms with E-state index in [0.717, 1.165) is 16.8 Å². The summed E-state index contributed by atoms with van der Waals surface area (Å²) >= 11 is 0. The summed E-state index contributed by atoms with van der Waals surface area (Å²) in [6.45, 7) is 4.96. The van der Waals surface area contributed by atoms with Gasteiger partial charge in [0, 0.05) is 17.5 Å². The lowest BCUT2D eigenvalue weighted by atomic mass is 10.2. The lowest BCUT2D eigenvalue weighted by molar-refractivity contribution is -0.384. The van der Waals surface area contributed by atoms with Crippen LogP contribution in [0.15, 0.2) is 18.2 Å². The summed E-state index contributed by atoms with van der Waals surface area (Å²) in [5.41, 5.74) is -1.42. The van der Waals surface area contributed by atoms with Crippen molar-refractivity contribution >= 4 is 28.7 Å². The molecule has 0 radical (unpaired) electrons. The van der Waals surface area contributed by atoms with Crippen molar-refractivity contribution in [1.29, 1.82) is 0 Å². The maximum atomic E-state index is 12.1. The Kier molecular flexibility index (Phi) is 3.57. The van der Waals surface area contributed by atoms with Crippen molar-refractivity contribution in [3.05, 3.63) is 34.0 Å². The molecule has 0 aliphatic carbocycles. The van der Waals surface area contributed by atoms with E-state index in [1.807, 2.05) is 0 Å².